The summed E-state index contributed by atoms with van der Waals surface area (Å²) in [7, 11) is 3.85. The van der Waals surface area contributed by atoms with Crippen LogP contribution < -0.4 is 5.32 Å². The maximum absolute atomic E-state index is 13.1. The molecule has 0 fully saturated rings. The van der Waals surface area contributed by atoms with Gasteiger partial charge in [0.15, 0.2) is 0 Å². The Bertz CT molecular complexity index is 681. The Labute approximate surface area is 148 Å². The fourth-order valence-corrected chi connectivity index (χ4v) is 2.71. The van der Waals surface area contributed by atoms with Crippen LogP contribution in [0.25, 0.3) is 11.3 Å². The predicted molar refractivity (Wildman–Crippen MR) is 97.7 cm³/mol. The highest BCUT2D eigenvalue weighted by molar-refractivity contribution is 5.77. The zero-order valence-corrected chi connectivity index (χ0v) is 15.3. The smallest absolute Gasteiger partial charge is 0.234 e. The second kappa shape index (κ2) is 9.32. The quantitative estimate of drug-likeness (QED) is 0.759. The van der Waals surface area contributed by atoms with E-state index >= 15 is 0 Å². The van der Waals surface area contributed by atoms with Gasteiger partial charge in [0.05, 0.1) is 17.9 Å². The number of carbonyl (C=O) groups excluding carboxylic acids is 1. The van der Waals surface area contributed by atoms with E-state index in [0.717, 1.165) is 49.3 Å². The van der Waals surface area contributed by atoms with Gasteiger partial charge in [-0.25, -0.2) is 4.39 Å². The van der Waals surface area contributed by atoms with Crippen molar-refractivity contribution in [2.45, 2.75) is 26.2 Å². The molecule has 0 aliphatic carbocycles. The molecular weight excluding hydrogens is 319 g/mol. The number of likely N-dealkylation sites (N-methyl/N-ethyl adjacent to an activating group) is 1. The zero-order chi connectivity index (χ0) is 18.2. The van der Waals surface area contributed by atoms with Gasteiger partial charge < -0.3 is 5.32 Å². The molecule has 136 valence electrons. The van der Waals surface area contributed by atoms with Crippen molar-refractivity contribution in [1.82, 2.24) is 20.0 Å². The van der Waals surface area contributed by atoms with Crippen LogP contribution >= 0.6 is 0 Å². The molecule has 0 saturated carbocycles. The van der Waals surface area contributed by atoms with E-state index in [9.17, 15) is 9.18 Å². The van der Waals surface area contributed by atoms with Crippen molar-refractivity contribution in [3.63, 3.8) is 0 Å². The number of hydrogen-bond acceptors (Lipinski definition) is 3. The summed E-state index contributed by atoms with van der Waals surface area (Å²) < 4.78 is 14.9. The van der Waals surface area contributed by atoms with Gasteiger partial charge in [-0.05, 0) is 68.8 Å². The summed E-state index contributed by atoms with van der Waals surface area (Å²) in [6, 6.07) is 8.49. The van der Waals surface area contributed by atoms with Crippen LogP contribution in [0, 0.1) is 5.82 Å². The molecule has 1 heterocycles. The van der Waals surface area contributed by atoms with Crippen molar-refractivity contribution in [2.75, 3.05) is 26.7 Å². The van der Waals surface area contributed by atoms with E-state index in [0.29, 0.717) is 6.54 Å². The zero-order valence-electron chi connectivity index (χ0n) is 15.3. The molecule has 5 nitrogen and oxygen atoms in total. The fraction of sp³-hybridized carbons (Fsp3) is 0.474. The molecule has 0 bridgehead atoms. The maximum atomic E-state index is 13.1. The average molecular weight is 346 g/mol. The van der Waals surface area contributed by atoms with E-state index in [2.05, 4.69) is 10.4 Å². The number of nitrogens with zero attached hydrogens (tertiary/aromatic N) is 3. The lowest BCUT2D eigenvalue weighted by molar-refractivity contribution is -0.121. The van der Waals surface area contributed by atoms with Crippen molar-refractivity contribution >= 4 is 5.91 Å². The van der Waals surface area contributed by atoms with Gasteiger partial charge in [-0.15, -0.1) is 0 Å². The number of hydrogen-bond donors (Lipinski definition) is 1. The van der Waals surface area contributed by atoms with Crippen LogP contribution in [-0.2, 0) is 18.3 Å². The molecule has 0 radical (unpaired) electrons. The average Bonchev–Trinajstić information content (AvgIpc) is 2.94. The Morgan fingerprint density at radius 3 is 2.72 bits per heavy atom. The summed E-state index contributed by atoms with van der Waals surface area (Å²) in [5.74, 6) is -0.169. The Kier molecular flexibility index (Phi) is 7.13. The highest BCUT2D eigenvalue weighted by Crippen LogP contribution is 2.20. The van der Waals surface area contributed by atoms with Crippen molar-refractivity contribution in [1.29, 1.82) is 0 Å². The third-order valence-electron chi connectivity index (χ3n) is 4.03. The minimum atomic E-state index is -0.239. The number of aryl methyl sites for hydroxylation is 2. The molecule has 2 rings (SSSR count). The molecule has 2 aromatic rings. The van der Waals surface area contributed by atoms with Crippen LogP contribution in [-0.4, -0.2) is 47.3 Å². The van der Waals surface area contributed by atoms with Crippen LogP contribution in [0.15, 0.2) is 30.3 Å². The second-order valence-corrected chi connectivity index (χ2v) is 6.34. The number of amides is 1. The minimum Gasteiger partial charge on any atom is -0.355 e. The largest absolute Gasteiger partial charge is 0.355 e. The van der Waals surface area contributed by atoms with E-state index in [-0.39, 0.29) is 11.7 Å². The van der Waals surface area contributed by atoms with Crippen LogP contribution in [0.2, 0.25) is 0 Å². The summed E-state index contributed by atoms with van der Waals surface area (Å²) in [5.41, 5.74) is 2.93. The maximum Gasteiger partial charge on any atom is 0.234 e. The molecule has 0 unspecified atom stereocenters. The first-order valence-corrected chi connectivity index (χ1v) is 8.73. The summed E-state index contributed by atoms with van der Waals surface area (Å²) >= 11 is 0. The third kappa shape index (κ3) is 5.98. The van der Waals surface area contributed by atoms with E-state index in [1.54, 1.807) is 12.1 Å². The van der Waals surface area contributed by atoms with Crippen molar-refractivity contribution in [2.24, 2.45) is 7.05 Å². The Morgan fingerprint density at radius 1 is 1.32 bits per heavy atom. The molecule has 1 amide bonds. The minimum absolute atomic E-state index is 0.0702. The van der Waals surface area contributed by atoms with E-state index in [1.165, 1.54) is 12.1 Å². The molecule has 1 aromatic heterocycles. The van der Waals surface area contributed by atoms with Gasteiger partial charge in [-0.3, -0.25) is 14.4 Å². The van der Waals surface area contributed by atoms with Crippen molar-refractivity contribution in [3.05, 3.63) is 41.8 Å². The van der Waals surface area contributed by atoms with Crippen LogP contribution in [0.5, 0.6) is 0 Å². The summed E-state index contributed by atoms with van der Waals surface area (Å²) in [4.78, 5) is 13.7. The lowest BCUT2D eigenvalue weighted by Gasteiger charge is -2.15. The van der Waals surface area contributed by atoms with Crippen LogP contribution in [0.3, 0.4) is 0 Å². The Balaban J connectivity index is 1.82. The number of rotatable bonds is 9. The van der Waals surface area contributed by atoms with Crippen LogP contribution in [0.4, 0.5) is 4.39 Å². The second-order valence-electron chi connectivity index (χ2n) is 6.34. The fourth-order valence-electron chi connectivity index (χ4n) is 2.71. The molecule has 0 spiro atoms. The number of carbonyl (C=O) groups is 1. The van der Waals surface area contributed by atoms with Gasteiger partial charge in [0, 0.05) is 13.6 Å². The molecule has 25 heavy (non-hydrogen) atoms. The lowest BCUT2D eigenvalue weighted by Crippen LogP contribution is -2.36. The molecule has 1 aromatic carbocycles. The van der Waals surface area contributed by atoms with Gasteiger partial charge >= 0.3 is 0 Å². The lowest BCUT2D eigenvalue weighted by atomic mass is 10.1. The molecule has 0 atom stereocenters. The van der Waals surface area contributed by atoms with E-state index < -0.39 is 0 Å². The Hall–Kier alpha value is -2.21. The SMILES string of the molecule is CCCNC(=O)CN(C)CCCc1cc(-c2ccc(F)cc2)n(C)n1. The number of nitrogens with one attached hydrogen (secondary N) is 1. The molecule has 0 aliphatic rings. The van der Waals surface area contributed by atoms with Gasteiger partial charge in [-0.1, -0.05) is 6.92 Å². The number of aromatic nitrogens is 2. The first-order chi connectivity index (χ1) is 12.0. The van der Waals surface area contributed by atoms with Gasteiger partial charge in [0.1, 0.15) is 5.82 Å². The molecule has 6 heteroatoms. The van der Waals surface area contributed by atoms with E-state index in [4.69, 9.17) is 0 Å². The van der Waals surface area contributed by atoms with Gasteiger partial charge in [0.2, 0.25) is 5.91 Å². The van der Waals surface area contributed by atoms with Gasteiger partial charge in [-0.2, -0.15) is 5.10 Å². The third-order valence-corrected chi connectivity index (χ3v) is 4.03. The summed E-state index contributed by atoms with van der Waals surface area (Å²) in [6.07, 6.45) is 2.72. The first-order valence-electron chi connectivity index (χ1n) is 8.73. The monoisotopic (exact) mass is 346 g/mol. The normalized spacial score (nSPS) is 11.1. The first kappa shape index (κ1) is 19.1. The van der Waals surface area contributed by atoms with Crippen LogP contribution in [0.1, 0.15) is 25.5 Å². The van der Waals surface area contributed by atoms with Crippen molar-refractivity contribution < 1.29 is 9.18 Å². The number of halogens is 1. The number of benzene rings is 1. The molecule has 0 saturated heterocycles. The predicted octanol–water partition coefficient (Wildman–Crippen LogP) is 2.62. The standard InChI is InChI=1S/C19H27FN4O/c1-4-11-21-19(25)14-23(2)12-5-6-17-13-18(24(3)22-17)15-7-9-16(20)10-8-15/h7-10,13H,4-6,11-12,14H2,1-3H3,(H,21,25). The topological polar surface area (TPSA) is 50.2 Å². The van der Waals surface area contributed by atoms with E-state index in [1.807, 2.05) is 36.7 Å². The highest BCUT2D eigenvalue weighted by Gasteiger charge is 2.09. The highest BCUT2D eigenvalue weighted by atomic mass is 19.1. The summed E-state index contributed by atoms with van der Waals surface area (Å²) in [6.45, 7) is 4.02. The molecular formula is C19H27FN4O. The summed E-state index contributed by atoms with van der Waals surface area (Å²) in [5, 5.41) is 7.41. The Morgan fingerprint density at radius 2 is 2.04 bits per heavy atom. The molecule has 1 N–H and O–H groups in total. The molecule has 0 aliphatic heterocycles. The van der Waals surface area contributed by atoms with Gasteiger partial charge in [0.25, 0.3) is 0 Å². The van der Waals surface area contributed by atoms with Crippen molar-refractivity contribution in [3.8, 4) is 11.3 Å².